The van der Waals surface area contributed by atoms with Gasteiger partial charge in [-0.15, -0.1) is 22.7 Å². The van der Waals surface area contributed by atoms with Crippen LogP contribution >= 0.6 is 22.7 Å². The molecule has 0 fully saturated rings. The predicted octanol–water partition coefficient (Wildman–Crippen LogP) is 2.46. The Labute approximate surface area is 162 Å². The maximum absolute atomic E-state index is 13.0. The minimum absolute atomic E-state index is 0.0449. The highest BCUT2D eigenvalue weighted by Crippen LogP contribution is 2.24. The van der Waals surface area contributed by atoms with Crippen molar-refractivity contribution in [2.75, 3.05) is 0 Å². The summed E-state index contributed by atoms with van der Waals surface area (Å²) in [5.41, 5.74) is 4.29. The number of aromatic carboxylic acids is 1. The maximum atomic E-state index is 13.0. The van der Waals surface area contributed by atoms with E-state index < -0.39 is 5.97 Å². The van der Waals surface area contributed by atoms with E-state index in [2.05, 4.69) is 15.5 Å². The van der Waals surface area contributed by atoms with Gasteiger partial charge in [0.25, 0.3) is 0 Å². The number of thiophene rings is 1. The summed E-state index contributed by atoms with van der Waals surface area (Å²) in [5.74, 6) is -1.91. The quantitative estimate of drug-likeness (QED) is 0.506. The molecule has 1 N–H and O–H groups in total. The summed E-state index contributed by atoms with van der Waals surface area (Å²) in [5, 5.41) is 17.2. The number of benzene rings is 1. The van der Waals surface area contributed by atoms with Crippen molar-refractivity contribution in [1.29, 1.82) is 0 Å². The number of carbonyl (C=O) groups is 2. The van der Waals surface area contributed by atoms with Crippen molar-refractivity contribution in [1.82, 2.24) is 10.4 Å². The molecule has 2 heterocycles. The lowest BCUT2D eigenvalue weighted by Gasteiger charge is -2.00. The Balaban J connectivity index is 1.60. The minimum Gasteiger partial charge on any atom is -0.544 e. The van der Waals surface area contributed by atoms with Crippen molar-refractivity contribution in [2.45, 2.75) is 13.3 Å². The zero-order valence-corrected chi connectivity index (χ0v) is 15.7. The van der Waals surface area contributed by atoms with Crippen LogP contribution in [0.1, 0.15) is 27.2 Å². The van der Waals surface area contributed by atoms with Gasteiger partial charge in [-0.25, -0.2) is 14.8 Å². The standard InChI is InChI=1S/C18H14FN3O3S2/c1-10(14-6-7-15(27-14)18(24)25)21-22-16(23)8-13-9-26-17(20-13)11-2-4-12(19)5-3-11/h2-7,9H,8H2,1H3,(H,22,23)(H,24,25)/p-1/b21-10-. The molecule has 0 saturated carbocycles. The van der Waals surface area contributed by atoms with E-state index in [9.17, 15) is 19.1 Å². The van der Waals surface area contributed by atoms with Crippen LogP contribution in [0.2, 0.25) is 0 Å². The number of amides is 1. The van der Waals surface area contributed by atoms with Gasteiger partial charge in [0.15, 0.2) is 0 Å². The Morgan fingerprint density at radius 3 is 2.56 bits per heavy atom. The van der Waals surface area contributed by atoms with Gasteiger partial charge in [0.1, 0.15) is 10.8 Å². The Bertz CT molecular complexity index is 1010. The highest BCUT2D eigenvalue weighted by Gasteiger charge is 2.10. The van der Waals surface area contributed by atoms with Crippen LogP contribution < -0.4 is 10.5 Å². The molecule has 0 saturated heterocycles. The van der Waals surface area contributed by atoms with Gasteiger partial charge < -0.3 is 9.90 Å². The molecule has 9 heteroatoms. The number of nitrogens with one attached hydrogen (secondary N) is 1. The van der Waals surface area contributed by atoms with Gasteiger partial charge in [0.05, 0.1) is 33.6 Å². The van der Waals surface area contributed by atoms with Crippen LogP contribution in [0.25, 0.3) is 10.6 Å². The van der Waals surface area contributed by atoms with Crippen LogP contribution in [-0.2, 0) is 11.2 Å². The Hall–Kier alpha value is -2.91. The van der Waals surface area contributed by atoms with Crippen LogP contribution in [0.4, 0.5) is 4.39 Å². The van der Waals surface area contributed by atoms with Crippen LogP contribution in [0.15, 0.2) is 46.9 Å². The zero-order valence-electron chi connectivity index (χ0n) is 14.1. The smallest absolute Gasteiger partial charge is 0.246 e. The van der Waals surface area contributed by atoms with E-state index in [1.807, 2.05) is 0 Å². The van der Waals surface area contributed by atoms with Gasteiger partial charge >= 0.3 is 0 Å². The minimum atomic E-state index is -1.25. The van der Waals surface area contributed by atoms with Crippen LogP contribution in [-0.4, -0.2) is 22.6 Å². The van der Waals surface area contributed by atoms with Crippen molar-refractivity contribution in [3.63, 3.8) is 0 Å². The predicted molar refractivity (Wildman–Crippen MR) is 100 cm³/mol. The van der Waals surface area contributed by atoms with Crippen molar-refractivity contribution >= 4 is 40.3 Å². The molecule has 138 valence electrons. The molecule has 0 bridgehead atoms. The molecule has 0 spiro atoms. The number of nitrogens with zero attached hydrogens (tertiary/aromatic N) is 2. The average Bonchev–Trinajstić information content (AvgIpc) is 3.30. The molecule has 2 aromatic heterocycles. The number of hydrazone groups is 1. The molecule has 0 atom stereocenters. The molecule has 27 heavy (non-hydrogen) atoms. The number of carboxylic acids is 1. The molecule has 0 aliphatic heterocycles. The third-order valence-corrected chi connectivity index (χ3v) is 5.61. The van der Waals surface area contributed by atoms with E-state index in [4.69, 9.17) is 0 Å². The van der Waals surface area contributed by atoms with E-state index in [0.717, 1.165) is 16.9 Å². The number of aromatic nitrogens is 1. The Morgan fingerprint density at radius 1 is 1.19 bits per heavy atom. The number of carboxylic acid groups (broad SMARTS) is 1. The number of hydrogen-bond acceptors (Lipinski definition) is 7. The third-order valence-electron chi connectivity index (χ3n) is 3.50. The van der Waals surface area contributed by atoms with Gasteiger partial charge in [-0.05, 0) is 43.3 Å². The fraction of sp³-hybridized carbons (Fsp3) is 0.111. The van der Waals surface area contributed by atoms with Crippen molar-refractivity contribution in [3.05, 3.63) is 63.0 Å². The van der Waals surface area contributed by atoms with Crippen molar-refractivity contribution in [3.8, 4) is 10.6 Å². The largest absolute Gasteiger partial charge is 0.544 e. The fourth-order valence-electron chi connectivity index (χ4n) is 2.16. The zero-order chi connectivity index (χ0) is 19.4. The first-order valence-electron chi connectivity index (χ1n) is 7.77. The molecule has 0 aliphatic carbocycles. The number of halogens is 1. The third kappa shape index (κ3) is 4.83. The van der Waals surface area contributed by atoms with E-state index >= 15 is 0 Å². The highest BCUT2D eigenvalue weighted by molar-refractivity contribution is 7.15. The van der Waals surface area contributed by atoms with Gasteiger partial charge in [0, 0.05) is 10.9 Å². The summed E-state index contributed by atoms with van der Waals surface area (Å²) < 4.78 is 13.0. The second-order valence-corrected chi connectivity index (χ2v) is 7.45. The van der Waals surface area contributed by atoms with E-state index in [1.54, 1.807) is 30.5 Å². The first kappa shape index (κ1) is 18.9. The van der Waals surface area contributed by atoms with E-state index in [0.29, 0.717) is 21.3 Å². The number of carbonyl (C=O) groups excluding carboxylic acids is 2. The molecular formula is C18H13FN3O3S2-. The SMILES string of the molecule is C/C(=N/NC(=O)Cc1csc(-c2ccc(F)cc2)n1)c1ccc(C(=O)[O-])s1. The molecule has 3 aromatic rings. The molecule has 6 nitrogen and oxygen atoms in total. The van der Waals surface area contributed by atoms with Crippen LogP contribution in [0, 0.1) is 5.82 Å². The van der Waals surface area contributed by atoms with E-state index in [-0.39, 0.29) is 23.0 Å². The first-order valence-corrected chi connectivity index (χ1v) is 9.47. The number of rotatable bonds is 6. The summed E-state index contributed by atoms with van der Waals surface area (Å²) in [7, 11) is 0. The summed E-state index contributed by atoms with van der Waals surface area (Å²) in [6.45, 7) is 1.67. The summed E-state index contributed by atoms with van der Waals surface area (Å²) in [6.07, 6.45) is 0.0449. The van der Waals surface area contributed by atoms with Gasteiger partial charge in [-0.2, -0.15) is 5.10 Å². The highest BCUT2D eigenvalue weighted by atomic mass is 32.1. The second-order valence-electron chi connectivity index (χ2n) is 5.51. The average molecular weight is 402 g/mol. The Kier molecular flexibility index (Phi) is 5.72. The van der Waals surface area contributed by atoms with Crippen LogP contribution in [0.5, 0.6) is 0 Å². The Morgan fingerprint density at radius 2 is 1.89 bits per heavy atom. The molecule has 0 radical (unpaired) electrons. The number of thiazole rings is 1. The fourth-order valence-corrected chi connectivity index (χ4v) is 3.77. The lowest BCUT2D eigenvalue weighted by molar-refractivity contribution is -0.254. The monoisotopic (exact) mass is 402 g/mol. The lowest BCUT2D eigenvalue weighted by atomic mass is 10.2. The summed E-state index contributed by atoms with van der Waals surface area (Å²) >= 11 is 2.39. The number of hydrogen-bond donors (Lipinski definition) is 1. The summed E-state index contributed by atoms with van der Waals surface area (Å²) in [6, 6.07) is 9.02. The molecule has 3 rings (SSSR count). The van der Waals surface area contributed by atoms with Gasteiger partial charge in [-0.3, -0.25) is 4.79 Å². The van der Waals surface area contributed by atoms with Gasteiger partial charge in [-0.1, -0.05) is 0 Å². The second kappa shape index (κ2) is 8.19. The maximum Gasteiger partial charge on any atom is 0.246 e. The lowest BCUT2D eigenvalue weighted by Crippen LogP contribution is -2.21. The topological polar surface area (TPSA) is 94.5 Å². The first-order chi connectivity index (χ1) is 12.9. The van der Waals surface area contributed by atoms with Crippen LogP contribution in [0.3, 0.4) is 0 Å². The molecule has 0 aliphatic rings. The molecule has 1 amide bonds. The summed E-state index contributed by atoms with van der Waals surface area (Å²) in [4.78, 5) is 27.9. The van der Waals surface area contributed by atoms with Crippen molar-refractivity contribution in [2.24, 2.45) is 5.10 Å². The molecular weight excluding hydrogens is 389 g/mol. The normalized spacial score (nSPS) is 11.4. The molecule has 0 unspecified atom stereocenters. The van der Waals surface area contributed by atoms with Gasteiger partial charge in [0.2, 0.25) is 5.91 Å². The molecule has 1 aromatic carbocycles. The van der Waals surface area contributed by atoms with E-state index in [1.165, 1.54) is 29.5 Å². The van der Waals surface area contributed by atoms with Crippen molar-refractivity contribution < 1.29 is 19.1 Å².